The third-order valence-corrected chi connectivity index (χ3v) is 4.86. The summed E-state index contributed by atoms with van der Waals surface area (Å²) in [5.41, 5.74) is 7.65. The molecule has 1 atom stereocenters. The van der Waals surface area contributed by atoms with Gasteiger partial charge < -0.3 is 0 Å². The van der Waals surface area contributed by atoms with Crippen LogP contribution < -0.4 is 0 Å². The van der Waals surface area contributed by atoms with Crippen molar-refractivity contribution in [3.8, 4) is 11.1 Å². The Morgan fingerprint density at radius 1 is 0.727 bits per heavy atom. The molecule has 106 valence electrons. The Hall–Kier alpha value is -2.12. The molecule has 0 saturated heterocycles. The van der Waals surface area contributed by atoms with Gasteiger partial charge in [-0.3, -0.25) is 0 Å². The first-order valence-electron chi connectivity index (χ1n) is 7.38. The van der Waals surface area contributed by atoms with E-state index in [1.807, 2.05) is 0 Å². The quantitative estimate of drug-likeness (QED) is 0.486. The van der Waals surface area contributed by atoms with E-state index >= 15 is 0 Å². The average molecular weight is 347 g/mol. The van der Waals surface area contributed by atoms with Crippen LogP contribution in [0.5, 0.6) is 0 Å². The fourth-order valence-electron chi connectivity index (χ4n) is 3.40. The third-order valence-electron chi connectivity index (χ3n) is 4.37. The molecule has 0 saturated carbocycles. The van der Waals surface area contributed by atoms with Crippen molar-refractivity contribution in [3.63, 3.8) is 0 Å². The molecule has 1 heteroatoms. The summed E-state index contributed by atoms with van der Waals surface area (Å²) >= 11 is 3.59. The van der Waals surface area contributed by atoms with Crippen LogP contribution in [0.3, 0.4) is 0 Å². The monoisotopic (exact) mass is 346 g/mol. The van der Waals surface area contributed by atoms with E-state index in [0.717, 1.165) is 4.47 Å². The Kier molecular flexibility index (Phi) is 3.24. The van der Waals surface area contributed by atoms with Crippen molar-refractivity contribution in [1.29, 1.82) is 0 Å². The second kappa shape index (κ2) is 5.26. The second-order valence-corrected chi connectivity index (χ2v) is 6.56. The van der Waals surface area contributed by atoms with Crippen LogP contribution >= 0.6 is 15.9 Å². The van der Waals surface area contributed by atoms with Crippen LogP contribution in [-0.2, 0) is 0 Å². The Labute approximate surface area is 139 Å². The minimum absolute atomic E-state index is 0.212. The SMILES string of the molecule is C=C1c2ccccc2-c2ccccc2C1c1cccc(Br)c1. The molecule has 0 bridgehead atoms. The molecular weight excluding hydrogens is 332 g/mol. The molecule has 0 aromatic heterocycles. The van der Waals surface area contributed by atoms with Gasteiger partial charge >= 0.3 is 0 Å². The lowest BCUT2D eigenvalue weighted by molar-refractivity contribution is 1.03. The largest absolute Gasteiger partial charge is 0.0942 e. The summed E-state index contributed by atoms with van der Waals surface area (Å²) in [6, 6.07) is 25.8. The molecule has 1 aliphatic carbocycles. The van der Waals surface area contributed by atoms with Crippen LogP contribution in [0.25, 0.3) is 16.7 Å². The van der Waals surface area contributed by atoms with E-state index < -0.39 is 0 Å². The highest BCUT2D eigenvalue weighted by molar-refractivity contribution is 9.10. The van der Waals surface area contributed by atoms with Gasteiger partial charge in [0.05, 0.1) is 0 Å². The van der Waals surface area contributed by atoms with Crippen LogP contribution in [0.1, 0.15) is 22.6 Å². The standard InChI is InChI=1S/C21H15Br/c1-14-17-9-2-3-10-18(17)19-11-4-5-12-20(19)21(14)15-7-6-8-16(22)13-15/h2-13,21H,1H2. The molecular formula is C21H15Br. The number of hydrogen-bond donors (Lipinski definition) is 0. The Morgan fingerprint density at radius 2 is 1.41 bits per heavy atom. The number of allylic oxidation sites excluding steroid dienone is 1. The minimum atomic E-state index is 0.212. The molecule has 4 rings (SSSR count). The third kappa shape index (κ3) is 2.05. The van der Waals surface area contributed by atoms with Gasteiger partial charge in [-0.1, -0.05) is 83.2 Å². The predicted molar refractivity (Wildman–Crippen MR) is 96.9 cm³/mol. The van der Waals surface area contributed by atoms with Crippen molar-refractivity contribution in [1.82, 2.24) is 0 Å². The van der Waals surface area contributed by atoms with E-state index in [9.17, 15) is 0 Å². The van der Waals surface area contributed by atoms with E-state index in [1.54, 1.807) is 0 Å². The summed E-state index contributed by atoms with van der Waals surface area (Å²) in [5, 5.41) is 0. The summed E-state index contributed by atoms with van der Waals surface area (Å²) < 4.78 is 1.11. The van der Waals surface area contributed by atoms with Gasteiger partial charge in [-0.05, 0) is 45.5 Å². The van der Waals surface area contributed by atoms with Crippen LogP contribution in [0.4, 0.5) is 0 Å². The highest BCUT2D eigenvalue weighted by Gasteiger charge is 2.28. The van der Waals surface area contributed by atoms with Gasteiger partial charge in [-0.15, -0.1) is 0 Å². The number of hydrogen-bond acceptors (Lipinski definition) is 0. The Bertz CT molecular complexity index is 876. The van der Waals surface area contributed by atoms with Crippen LogP contribution in [0.15, 0.2) is 83.8 Å². The van der Waals surface area contributed by atoms with Crippen LogP contribution in [-0.4, -0.2) is 0 Å². The van der Waals surface area contributed by atoms with Crippen molar-refractivity contribution < 1.29 is 0 Å². The molecule has 22 heavy (non-hydrogen) atoms. The maximum absolute atomic E-state index is 4.43. The molecule has 3 aromatic rings. The molecule has 3 aromatic carbocycles. The average Bonchev–Trinajstić information content (AvgIpc) is 2.55. The lowest BCUT2D eigenvalue weighted by Crippen LogP contribution is -2.11. The number of rotatable bonds is 1. The van der Waals surface area contributed by atoms with Crippen molar-refractivity contribution >= 4 is 21.5 Å². The zero-order valence-corrected chi connectivity index (χ0v) is 13.7. The number of benzene rings is 3. The summed E-state index contributed by atoms with van der Waals surface area (Å²) in [6.07, 6.45) is 0. The van der Waals surface area contributed by atoms with E-state index in [2.05, 4.69) is 95.3 Å². The molecule has 0 amide bonds. The molecule has 1 aliphatic rings. The second-order valence-electron chi connectivity index (χ2n) is 5.65. The molecule has 0 spiro atoms. The van der Waals surface area contributed by atoms with E-state index in [0.29, 0.717) is 0 Å². The molecule has 1 unspecified atom stereocenters. The predicted octanol–water partition coefficient (Wildman–Crippen LogP) is 6.27. The van der Waals surface area contributed by atoms with E-state index in [1.165, 1.54) is 33.4 Å². The zero-order valence-electron chi connectivity index (χ0n) is 12.1. The molecule has 0 radical (unpaired) electrons. The first-order valence-corrected chi connectivity index (χ1v) is 8.18. The first kappa shape index (κ1) is 13.5. The van der Waals surface area contributed by atoms with Gasteiger partial charge in [0.25, 0.3) is 0 Å². The minimum Gasteiger partial charge on any atom is -0.0942 e. The number of fused-ring (bicyclic) bond motifs is 3. The maximum Gasteiger partial charge on any atom is 0.0346 e. The highest BCUT2D eigenvalue weighted by Crippen LogP contribution is 2.48. The molecule has 0 heterocycles. The summed E-state index contributed by atoms with van der Waals surface area (Å²) in [5.74, 6) is 0.212. The fourth-order valence-corrected chi connectivity index (χ4v) is 3.82. The smallest absolute Gasteiger partial charge is 0.0346 e. The topological polar surface area (TPSA) is 0 Å². The maximum atomic E-state index is 4.43. The lowest BCUT2D eigenvalue weighted by Gasteiger charge is -2.30. The zero-order chi connectivity index (χ0) is 15.1. The lowest BCUT2D eigenvalue weighted by atomic mass is 9.73. The first-order chi connectivity index (χ1) is 10.8. The van der Waals surface area contributed by atoms with Crippen molar-refractivity contribution in [2.24, 2.45) is 0 Å². The van der Waals surface area contributed by atoms with Crippen molar-refractivity contribution in [3.05, 3.63) is 101 Å². The van der Waals surface area contributed by atoms with E-state index in [4.69, 9.17) is 0 Å². The van der Waals surface area contributed by atoms with E-state index in [-0.39, 0.29) is 5.92 Å². The molecule has 0 fully saturated rings. The van der Waals surface area contributed by atoms with Gasteiger partial charge in [0, 0.05) is 10.4 Å². The normalized spacial score (nSPS) is 16.0. The van der Waals surface area contributed by atoms with Gasteiger partial charge in [0.1, 0.15) is 0 Å². The summed E-state index contributed by atoms with van der Waals surface area (Å²) in [6.45, 7) is 4.43. The van der Waals surface area contributed by atoms with Crippen molar-refractivity contribution in [2.75, 3.05) is 0 Å². The Balaban J connectivity index is 2.00. The van der Waals surface area contributed by atoms with Gasteiger partial charge in [0.15, 0.2) is 0 Å². The van der Waals surface area contributed by atoms with Crippen LogP contribution in [0, 0.1) is 0 Å². The van der Waals surface area contributed by atoms with Gasteiger partial charge in [-0.25, -0.2) is 0 Å². The highest BCUT2D eigenvalue weighted by atomic mass is 79.9. The Morgan fingerprint density at radius 3 is 2.18 bits per heavy atom. The summed E-state index contributed by atoms with van der Waals surface area (Å²) in [7, 11) is 0. The van der Waals surface area contributed by atoms with Gasteiger partial charge in [-0.2, -0.15) is 0 Å². The molecule has 0 N–H and O–H groups in total. The fraction of sp³-hybridized carbons (Fsp3) is 0.0476. The molecule has 0 nitrogen and oxygen atoms in total. The summed E-state index contributed by atoms with van der Waals surface area (Å²) in [4.78, 5) is 0. The van der Waals surface area contributed by atoms with Crippen LogP contribution in [0.2, 0.25) is 0 Å². The number of halogens is 1. The van der Waals surface area contributed by atoms with Gasteiger partial charge in [0.2, 0.25) is 0 Å². The molecule has 0 aliphatic heterocycles. The van der Waals surface area contributed by atoms with Crippen molar-refractivity contribution in [2.45, 2.75) is 5.92 Å².